The minimum atomic E-state index is -2.02. The molecule has 0 bridgehead atoms. The van der Waals surface area contributed by atoms with E-state index < -0.39 is 27.8 Å². The molecule has 2 amide bonds. The van der Waals surface area contributed by atoms with Crippen LogP contribution in [0.2, 0.25) is 0 Å². The van der Waals surface area contributed by atoms with E-state index >= 15 is 0 Å². The van der Waals surface area contributed by atoms with Crippen LogP contribution in [-0.4, -0.2) is 32.7 Å². The molecule has 0 N–H and O–H groups in total. The van der Waals surface area contributed by atoms with E-state index in [-0.39, 0.29) is 29.9 Å². The second-order valence-electron chi connectivity index (χ2n) is 4.92. The second kappa shape index (κ2) is 7.17. The summed E-state index contributed by atoms with van der Waals surface area (Å²) in [6.07, 6.45) is -1.19. The molecule has 1 aliphatic rings. The van der Waals surface area contributed by atoms with Crippen LogP contribution in [0.1, 0.15) is 37.0 Å². The first kappa shape index (κ1) is 18.8. The number of carbonyl (C=O) groups is 3. The van der Waals surface area contributed by atoms with Gasteiger partial charge < -0.3 is 9.47 Å². The maximum Gasteiger partial charge on any atom is 0.310 e. The summed E-state index contributed by atoms with van der Waals surface area (Å²) in [6.45, 7) is 3.21. The number of benzene rings is 1. The first-order chi connectivity index (χ1) is 11.2. The third-order valence-corrected chi connectivity index (χ3v) is 3.80. The van der Waals surface area contributed by atoms with E-state index in [1.165, 1.54) is 18.2 Å². The van der Waals surface area contributed by atoms with Crippen LogP contribution in [0.4, 0.5) is 0 Å². The lowest BCUT2D eigenvalue weighted by molar-refractivity contribution is -0.136. The van der Waals surface area contributed by atoms with Crippen molar-refractivity contribution in [2.24, 2.45) is 0 Å². The molecule has 24 heavy (non-hydrogen) atoms. The molecule has 0 saturated heterocycles. The Morgan fingerprint density at radius 1 is 1.25 bits per heavy atom. The summed E-state index contributed by atoms with van der Waals surface area (Å²) in [7, 11) is 0. The Hall–Kier alpha value is -1.50. The molecule has 1 heterocycles. The fourth-order valence-electron chi connectivity index (χ4n) is 2.08. The summed E-state index contributed by atoms with van der Waals surface area (Å²) in [5.41, 5.74) is 0.0451. The van der Waals surface area contributed by atoms with Gasteiger partial charge in [0.1, 0.15) is 11.5 Å². The maximum absolute atomic E-state index is 12.7. The molecule has 130 valence electrons. The molecule has 1 aromatic rings. The van der Waals surface area contributed by atoms with Crippen LogP contribution in [0.3, 0.4) is 0 Å². The van der Waals surface area contributed by atoms with E-state index in [2.05, 4.69) is 0 Å². The van der Waals surface area contributed by atoms with E-state index in [1.54, 1.807) is 13.8 Å². The molecular formula is C15H14Cl3NO5. The standard InChI is InChI=1S/C15H14Cl3NO5/c1-3-11(20)19-13(22)9-7-8(23-12(21)4-2)5-6-10(9)24-14(19)15(16,17)18/h5-7,14H,3-4H2,1-2H3. The SMILES string of the molecule is CCC(=O)Oc1ccc2c(c1)C(=O)N(C(=O)CC)C(C(Cl)(Cl)Cl)O2. The number of imide groups is 1. The molecule has 1 unspecified atom stereocenters. The van der Waals surface area contributed by atoms with Crippen molar-refractivity contribution in [2.45, 2.75) is 36.7 Å². The molecular weight excluding hydrogens is 381 g/mol. The highest BCUT2D eigenvalue weighted by atomic mass is 35.6. The third kappa shape index (κ3) is 3.77. The van der Waals surface area contributed by atoms with Gasteiger partial charge in [0, 0.05) is 12.8 Å². The van der Waals surface area contributed by atoms with Crippen LogP contribution in [0.25, 0.3) is 0 Å². The van der Waals surface area contributed by atoms with E-state index in [1.807, 2.05) is 0 Å². The average Bonchev–Trinajstić information content (AvgIpc) is 2.53. The van der Waals surface area contributed by atoms with Gasteiger partial charge in [-0.2, -0.15) is 0 Å². The van der Waals surface area contributed by atoms with E-state index in [9.17, 15) is 14.4 Å². The largest absolute Gasteiger partial charge is 0.464 e. The van der Waals surface area contributed by atoms with Gasteiger partial charge in [0.25, 0.3) is 5.91 Å². The Morgan fingerprint density at radius 3 is 2.46 bits per heavy atom. The molecule has 0 aromatic heterocycles. The van der Waals surface area contributed by atoms with Crippen molar-refractivity contribution in [1.82, 2.24) is 4.90 Å². The maximum atomic E-state index is 12.7. The number of alkyl halides is 3. The molecule has 1 atom stereocenters. The molecule has 6 nitrogen and oxygen atoms in total. The second-order valence-corrected chi connectivity index (χ2v) is 7.29. The van der Waals surface area contributed by atoms with Crippen molar-refractivity contribution in [1.29, 1.82) is 0 Å². The van der Waals surface area contributed by atoms with Crippen molar-refractivity contribution in [3.63, 3.8) is 0 Å². The normalized spacial score (nSPS) is 17.1. The minimum Gasteiger partial charge on any atom is -0.464 e. The Kier molecular flexibility index (Phi) is 5.63. The van der Waals surface area contributed by atoms with Crippen LogP contribution in [0.5, 0.6) is 11.5 Å². The first-order valence-electron chi connectivity index (χ1n) is 7.13. The van der Waals surface area contributed by atoms with Gasteiger partial charge in [-0.15, -0.1) is 0 Å². The Bertz CT molecular complexity index is 686. The Labute approximate surface area is 153 Å². The summed E-state index contributed by atoms with van der Waals surface area (Å²) in [5, 5.41) is 0. The Balaban J connectivity index is 2.45. The molecule has 0 saturated carbocycles. The van der Waals surface area contributed by atoms with Gasteiger partial charge in [-0.1, -0.05) is 48.7 Å². The minimum absolute atomic E-state index is 0.0200. The van der Waals surface area contributed by atoms with Crippen molar-refractivity contribution in [3.8, 4) is 11.5 Å². The van der Waals surface area contributed by atoms with Crippen LogP contribution in [0, 0.1) is 0 Å². The fourth-order valence-corrected chi connectivity index (χ4v) is 2.51. The van der Waals surface area contributed by atoms with Crippen molar-refractivity contribution >= 4 is 52.6 Å². The van der Waals surface area contributed by atoms with Crippen LogP contribution >= 0.6 is 34.8 Å². The molecule has 1 aliphatic heterocycles. The van der Waals surface area contributed by atoms with E-state index in [0.29, 0.717) is 0 Å². The summed E-state index contributed by atoms with van der Waals surface area (Å²) in [4.78, 5) is 36.9. The molecule has 0 spiro atoms. The van der Waals surface area contributed by atoms with Gasteiger partial charge in [0.05, 0.1) is 5.56 Å². The number of hydrogen-bond donors (Lipinski definition) is 0. The smallest absolute Gasteiger partial charge is 0.310 e. The highest BCUT2D eigenvalue weighted by Crippen LogP contribution is 2.40. The number of amides is 2. The van der Waals surface area contributed by atoms with Gasteiger partial charge in [-0.05, 0) is 18.2 Å². The topological polar surface area (TPSA) is 72.9 Å². The van der Waals surface area contributed by atoms with Crippen LogP contribution in [0.15, 0.2) is 18.2 Å². The van der Waals surface area contributed by atoms with Crippen molar-refractivity contribution in [3.05, 3.63) is 23.8 Å². The number of ether oxygens (including phenoxy) is 2. The van der Waals surface area contributed by atoms with Crippen LogP contribution in [-0.2, 0) is 9.59 Å². The summed E-state index contributed by atoms with van der Waals surface area (Å²) in [5.74, 6) is -1.41. The lowest BCUT2D eigenvalue weighted by Gasteiger charge is -2.38. The molecule has 1 aromatic carbocycles. The number of hydrogen-bond acceptors (Lipinski definition) is 5. The molecule has 9 heteroatoms. The summed E-state index contributed by atoms with van der Waals surface area (Å²) in [6, 6.07) is 4.19. The van der Waals surface area contributed by atoms with E-state index in [4.69, 9.17) is 44.3 Å². The highest BCUT2D eigenvalue weighted by Gasteiger charge is 2.48. The molecule has 0 aliphatic carbocycles. The predicted molar refractivity (Wildman–Crippen MR) is 88.5 cm³/mol. The van der Waals surface area contributed by atoms with Crippen molar-refractivity contribution < 1.29 is 23.9 Å². The fraction of sp³-hybridized carbons (Fsp3) is 0.400. The third-order valence-electron chi connectivity index (χ3n) is 3.24. The highest BCUT2D eigenvalue weighted by molar-refractivity contribution is 6.68. The van der Waals surface area contributed by atoms with Crippen molar-refractivity contribution in [2.75, 3.05) is 0 Å². The Morgan fingerprint density at radius 2 is 1.92 bits per heavy atom. The number of esters is 1. The number of carbonyl (C=O) groups excluding carboxylic acids is 3. The van der Waals surface area contributed by atoms with Gasteiger partial charge in [0.15, 0.2) is 0 Å². The zero-order valence-electron chi connectivity index (χ0n) is 12.8. The predicted octanol–water partition coefficient (Wildman–Crippen LogP) is 3.47. The summed E-state index contributed by atoms with van der Waals surface area (Å²) < 4.78 is 8.58. The first-order valence-corrected chi connectivity index (χ1v) is 8.26. The number of nitrogens with zero attached hydrogens (tertiary/aromatic N) is 1. The van der Waals surface area contributed by atoms with E-state index in [0.717, 1.165) is 4.90 Å². The quantitative estimate of drug-likeness (QED) is 0.446. The molecule has 0 radical (unpaired) electrons. The average molecular weight is 395 g/mol. The zero-order chi connectivity index (χ0) is 18.1. The molecule has 0 fully saturated rings. The van der Waals surface area contributed by atoms with Gasteiger partial charge in [-0.3, -0.25) is 14.4 Å². The van der Waals surface area contributed by atoms with Crippen LogP contribution < -0.4 is 9.47 Å². The monoisotopic (exact) mass is 393 g/mol. The lowest BCUT2D eigenvalue weighted by atomic mass is 10.1. The van der Waals surface area contributed by atoms with Gasteiger partial charge in [-0.25, -0.2) is 4.90 Å². The lowest BCUT2D eigenvalue weighted by Crippen LogP contribution is -2.56. The van der Waals surface area contributed by atoms with Gasteiger partial charge >= 0.3 is 5.97 Å². The number of fused-ring (bicyclic) bond motifs is 1. The zero-order valence-corrected chi connectivity index (χ0v) is 15.1. The molecule has 2 rings (SSSR count). The number of halogens is 3. The van der Waals surface area contributed by atoms with Gasteiger partial charge in [0.2, 0.25) is 15.9 Å². The summed E-state index contributed by atoms with van der Waals surface area (Å²) >= 11 is 17.5. The number of rotatable bonds is 3.